The fourth-order valence-electron chi connectivity index (χ4n) is 1.79. The van der Waals surface area contributed by atoms with Gasteiger partial charge in [-0.3, -0.25) is 9.59 Å². The van der Waals surface area contributed by atoms with Gasteiger partial charge in [0.2, 0.25) is 0 Å². The number of carbonyl (C=O) groups excluding carboxylic acids is 1. The number of hydrogen-bond acceptors (Lipinski definition) is 4. The minimum atomic E-state index is -1.29. The van der Waals surface area contributed by atoms with Crippen LogP contribution >= 0.6 is 0 Å². The lowest BCUT2D eigenvalue weighted by molar-refractivity contribution is -0.143. The van der Waals surface area contributed by atoms with Crippen LogP contribution in [0, 0.1) is 0 Å². The van der Waals surface area contributed by atoms with Crippen LogP contribution in [0.3, 0.4) is 0 Å². The number of rotatable bonds is 11. The van der Waals surface area contributed by atoms with Crippen molar-refractivity contribution in [1.29, 1.82) is 0 Å². The largest absolute Gasteiger partial charge is 0.481 e. The number of hydrogen-bond donors (Lipinski definition) is 2. The number of carboxylic acid groups (broad SMARTS) is 2. The third-order valence-corrected chi connectivity index (χ3v) is 2.96. The summed E-state index contributed by atoms with van der Waals surface area (Å²) in [5.74, 6) is -3.01. The molecule has 0 radical (unpaired) electrons. The van der Waals surface area contributed by atoms with Crippen LogP contribution in [0.4, 0.5) is 0 Å². The lowest BCUT2D eigenvalue weighted by atomic mass is 9.97. The molecule has 0 aliphatic rings. The molecule has 0 saturated heterocycles. The number of esters is 1. The van der Waals surface area contributed by atoms with E-state index < -0.39 is 24.3 Å². The summed E-state index contributed by atoms with van der Waals surface area (Å²) < 4.78 is 5.01. The lowest BCUT2D eigenvalue weighted by Crippen LogP contribution is -2.14. The van der Waals surface area contributed by atoms with E-state index in [4.69, 9.17) is 14.9 Å². The average molecular weight is 300 g/mol. The highest BCUT2D eigenvalue weighted by molar-refractivity contribution is 5.93. The van der Waals surface area contributed by atoms with Crippen LogP contribution in [0.15, 0.2) is 11.1 Å². The molecular formula is C15H24O6. The van der Waals surface area contributed by atoms with Crippen LogP contribution in [0.2, 0.25) is 0 Å². The standard InChI is InChI=1S/C15H24O6/c1-3-5-7-11(9-14(18)21-8-6-4-2)12(15(19)20)10-13(16)17/h3-10H2,1-2H3,(H,16,17)(H,19,20). The molecule has 0 aliphatic heterocycles. The molecule has 6 nitrogen and oxygen atoms in total. The molecule has 0 amide bonds. The van der Waals surface area contributed by atoms with E-state index in [1.807, 2.05) is 13.8 Å². The molecule has 21 heavy (non-hydrogen) atoms. The van der Waals surface area contributed by atoms with Crippen molar-refractivity contribution >= 4 is 17.9 Å². The van der Waals surface area contributed by atoms with Crippen molar-refractivity contribution < 1.29 is 29.3 Å². The van der Waals surface area contributed by atoms with Crippen molar-refractivity contribution in [3.63, 3.8) is 0 Å². The number of aliphatic carboxylic acids is 2. The van der Waals surface area contributed by atoms with Gasteiger partial charge in [-0.1, -0.05) is 26.7 Å². The average Bonchev–Trinajstić information content (AvgIpc) is 2.40. The highest BCUT2D eigenvalue weighted by atomic mass is 16.5. The third kappa shape index (κ3) is 8.83. The van der Waals surface area contributed by atoms with Crippen LogP contribution in [0.1, 0.15) is 58.8 Å². The quantitative estimate of drug-likeness (QED) is 0.345. The number of unbranched alkanes of at least 4 members (excludes halogenated alkanes) is 2. The van der Waals surface area contributed by atoms with E-state index in [-0.39, 0.29) is 12.0 Å². The summed E-state index contributed by atoms with van der Waals surface area (Å²) in [6.07, 6.45) is 2.83. The Morgan fingerprint density at radius 1 is 0.952 bits per heavy atom. The van der Waals surface area contributed by atoms with Crippen molar-refractivity contribution in [1.82, 2.24) is 0 Å². The first-order valence-electron chi connectivity index (χ1n) is 7.23. The zero-order chi connectivity index (χ0) is 16.3. The second-order valence-corrected chi connectivity index (χ2v) is 4.81. The molecule has 120 valence electrons. The molecule has 0 rings (SSSR count). The van der Waals surface area contributed by atoms with Gasteiger partial charge in [0.25, 0.3) is 0 Å². The van der Waals surface area contributed by atoms with Gasteiger partial charge in [-0.2, -0.15) is 0 Å². The van der Waals surface area contributed by atoms with Gasteiger partial charge in [0.1, 0.15) is 0 Å². The van der Waals surface area contributed by atoms with Crippen molar-refractivity contribution in [2.24, 2.45) is 0 Å². The molecule has 2 N–H and O–H groups in total. The maximum absolute atomic E-state index is 11.7. The zero-order valence-corrected chi connectivity index (χ0v) is 12.7. The normalized spacial score (nSPS) is 11.7. The first-order chi connectivity index (χ1) is 9.92. The van der Waals surface area contributed by atoms with Crippen LogP contribution in [-0.4, -0.2) is 34.7 Å². The van der Waals surface area contributed by atoms with E-state index in [1.54, 1.807) is 0 Å². The number of carboxylic acids is 2. The maximum Gasteiger partial charge on any atom is 0.332 e. The monoisotopic (exact) mass is 300 g/mol. The van der Waals surface area contributed by atoms with Crippen molar-refractivity contribution in [2.45, 2.75) is 58.8 Å². The second-order valence-electron chi connectivity index (χ2n) is 4.81. The first-order valence-corrected chi connectivity index (χ1v) is 7.23. The van der Waals surface area contributed by atoms with Gasteiger partial charge in [0, 0.05) is 5.57 Å². The number of carbonyl (C=O) groups is 3. The Kier molecular flexibility index (Phi) is 9.92. The summed E-state index contributed by atoms with van der Waals surface area (Å²) >= 11 is 0. The van der Waals surface area contributed by atoms with Crippen molar-refractivity contribution in [3.8, 4) is 0 Å². The Morgan fingerprint density at radius 3 is 2.05 bits per heavy atom. The Hall–Kier alpha value is -1.85. The highest BCUT2D eigenvalue weighted by Crippen LogP contribution is 2.20. The molecule has 0 unspecified atom stereocenters. The molecule has 0 bridgehead atoms. The van der Waals surface area contributed by atoms with Gasteiger partial charge in [-0.15, -0.1) is 0 Å². The summed E-state index contributed by atoms with van der Waals surface area (Å²) in [5, 5.41) is 17.9. The van der Waals surface area contributed by atoms with Gasteiger partial charge in [0.05, 0.1) is 19.4 Å². The van der Waals surface area contributed by atoms with Crippen molar-refractivity contribution in [3.05, 3.63) is 11.1 Å². The van der Waals surface area contributed by atoms with Crippen molar-refractivity contribution in [2.75, 3.05) is 6.61 Å². The fraction of sp³-hybridized carbons (Fsp3) is 0.667. The molecule has 0 atom stereocenters. The predicted molar refractivity (Wildman–Crippen MR) is 76.9 cm³/mol. The van der Waals surface area contributed by atoms with Gasteiger partial charge >= 0.3 is 17.9 Å². The molecule has 0 spiro atoms. The Morgan fingerprint density at radius 2 is 1.57 bits per heavy atom. The van der Waals surface area contributed by atoms with Gasteiger partial charge < -0.3 is 14.9 Å². The second kappa shape index (κ2) is 10.9. The zero-order valence-electron chi connectivity index (χ0n) is 12.7. The molecule has 0 fully saturated rings. The SMILES string of the molecule is CCCCOC(=O)CC(CCCC)=C(CC(=O)O)C(=O)O. The molecule has 0 aromatic rings. The fourth-order valence-corrected chi connectivity index (χ4v) is 1.79. The minimum absolute atomic E-state index is 0.154. The molecule has 0 aliphatic carbocycles. The molecule has 0 saturated carbocycles. The smallest absolute Gasteiger partial charge is 0.332 e. The topological polar surface area (TPSA) is 101 Å². The van der Waals surface area contributed by atoms with E-state index >= 15 is 0 Å². The Balaban J connectivity index is 4.99. The molecule has 0 aromatic heterocycles. The first kappa shape index (κ1) is 19.1. The van der Waals surface area contributed by atoms with Crippen LogP contribution in [-0.2, 0) is 19.1 Å². The summed E-state index contributed by atoms with van der Waals surface area (Å²) in [7, 11) is 0. The van der Waals surface area contributed by atoms with E-state index in [1.165, 1.54) is 0 Å². The summed E-state index contributed by atoms with van der Waals surface area (Å²) in [5.41, 5.74) is 0.150. The van der Waals surface area contributed by atoms with Crippen LogP contribution in [0.25, 0.3) is 0 Å². The van der Waals surface area contributed by atoms with Gasteiger partial charge in [-0.25, -0.2) is 4.79 Å². The van der Waals surface area contributed by atoms with E-state index in [0.29, 0.717) is 25.0 Å². The molecule has 0 heterocycles. The summed E-state index contributed by atoms with van der Waals surface area (Å²) in [6.45, 7) is 4.21. The maximum atomic E-state index is 11.7. The van der Waals surface area contributed by atoms with E-state index in [2.05, 4.69) is 0 Å². The summed E-state index contributed by atoms with van der Waals surface area (Å²) in [6, 6.07) is 0. The number of ether oxygens (including phenoxy) is 1. The molecule has 6 heteroatoms. The lowest BCUT2D eigenvalue weighted by Gasteiger charge is -2.11. The van der Waals surface area contributed by atoms with Gasteiger partial charge in [0.15, 0.2) is 0 Å². The molecular weight excluding hydrogens is 276 g/mol. The minimum Gasteiger partial charge on any atom is -0.481 e. The molecule has 0 aromatic carbocycles. The van der Waals surface area contributed by atoms with Gasteiger partial charge in [-0.05, 0) is 24.8 Å². The van der Waals surface area contributed by atoms with Crippen LogP contribution in [0.5, 0.6) is 0 Å². The predicted octanol–water partition coefficient (Wildman–Crippen LogP) is 2.77. The van der Waals surface area contributed by atoms with E-state index in [9.17, 15) is 14.4 Å². The Bertz CT molecular complexity index is 397. The van der Waals surface area contributed by atoms with Crippen LogP contribution < -0.4 is 0 Å². The highest BCUT2D eigenvalue weighted by Gasteiger charge is 2.20. The van der Waals surface area contributed by atoms with E-state index in [0.717, 1.165) is 19.3 Å². The summed E-state index contributed by atoms with van der Waals surface area (Å²) in [4.78, 5) is 33.7. The Labute approximate surface area is 124 Å². The third-order valence-electron chi connectivity index (χ3n) is 2.96.